The number of rotatable bonds is 5. The molecule has 5 heteroatoms. The Bertz CT molecular complexity index is 594. The summed E-state index contributed by atoms with van der Waals surface area (Å²) in [4.78, 5) is 4.12. The minimum Gasteiger partial charge on any atom is -0.438 e. The first-order valence-electron chi connectivity index (χ1n) is 6.52. The standard InChI is InChI=1S/C15H14F2N2O/c16-11-6-12(17)8-14(7-11)20-15-10(2-1-5-18-15)9-19-13-3-4-13/h1-2,5-8,13,19H,3-4,9H2. The molecule has 0 radical (unpaired) electrons. The van der Waals surface area contributed by atoms with Gasteiger partial charge in [0.2, 0.25) is 5.88 Å². The van der Waals surface area contributed by atoms with Gasteiger partial charge in [0, 0.05) is 42.5 Å². The fourth-order valence-electron chi connectivity index (χ4n) is 1.89. The number of benzene rings is 1. The Morgan fingerprint density at radius 3 is 2.65 bits per heavy atom. The van der Waals surface area contributed by atoms with E-state index >= 15 is 0 Å². The zero-order valence-electron chi connectivity index (χ0n) is 10.8. The second kappa shape index (κ2) is 5.54. The monoisotopic (exact) mass is 276 g/mol. The summed E-state index contributed by atoms with van der Waals surface area (Å²) in [5.41, 5.74) is 0.865. The second-order valence-corrected chi connectivity index (χ2v) is 4.83. The van der Waals surface area contributed by atoms with Crippen LogP contribution >= 0.6 is 0 Å². The Kier molecular flexibility index (Phi) is 3.60. The number of nitrogens with one attached hydrogen (secondary N) is 1. The molecular weight excluding hydrogens is 262 g/mol. The van der Waals surface area contributed by atoms with E-state index in [2.05, 4.69) is 10.3 Å². The van der Waals surface area contributed by atoms with Crippen LogP contribution in [0.15, 0.2) is 36.5 Å². The van der Waals surface area contributed by atoms with Crippen molar-refractivity contribution in [3.8, 4) is 11.6 Å². The minimum absolute atomic E-state index is 0.105. The lowest BCUT2D eigenvalue weighted by atomic mass is 10.2. The number of aromatic nitrogens is 1. The van der Waals surface area contributed by atoms with Crippen molar-refractivity contribution in [1.29, 1.82) is 0 Å². The van der Waals surface area contributed by atoms with E-state index < -0.39 is 11.6 Å². The summed E-state index contributed by atoms with van der Waals surface area (Å²) < 4.78 is 31.8. The smallest absolute Gasteiger partial charge is 0.223 e. The first-order chi connectivity index (χ1) is 9.70. The Morgan fingerprint density at radius 1 is 1.20 bits per heavy atom. The number of pyridine rings is 1. The maximum absolute atomic E-state index is 13.1. The van der Waals surface area contributed by atoms with Crippen LogP contribution in [0, 0.1) is 11.6 Å². The molecule has 1 aliphatic rings. The third-order valence-electron chi connectivity index (χ3n) is 3.06. The van der Waals surface area contributed by atoms with E-state index in [0.29, 0.717) is 18.5 Å². The summed E-state index contributed by atoms with van der Waals surface area (Å²) >= 11 is 0. The molecule has 0 saturated heterocycles. The molecule has 3 nitrogen and oxygen atoms in total. The van der Waals surface area contributed by atoms with Gasteiger partial charge < -0.3 is 10.1 Å². The van der Waals surface area contributed by atoms with Crippen molar-refractivity contribution in [2.75, 3.05) is 0 Å². The van der Waals surface area contributed by atoms with E-state index in [9.17, 15) is 8.78 Å². The molecule has 1 fully saturated rings. The predicted molar refractivity (Wildman–Crippen MR) is 70.5 cm³/mol. The van der Waals surface area contributed by atoms with E-state index in [-0.39, 0.29) is 5.75 Å². The van der Waals surface area contributed by atoms with Gasteiger partial charge in [0.05, 0.1) is 0 Å². The molecule has 0 unspecified atom stereocenters. The maximum Gasteiger partial charge on any atom is 0.223 e. The van der Waals surface area contributed by atoms with Crippen LogP contribution in [0.2, 0.25) is 0 Å². The summed E-state index contributed by atoms with van der Waals surface area (Å²) in [6.45, 7) is 0.631. The summed E-state index contributed by atoms with van der Waals surface area (Å²) in [7, 11) is 0. The summed E-state index contributed by atoms with van der Waals surface area (Å²) in [6.07, 6.45) is 3.96. The molecule has 1 aliphatic carbocycles. The highest BCUT2D eigenvalue weighted by molar-refractivity contribution is 5.32. The quantitative estimate of drug-likeness (QED) is 0.908. The molecule has 0 spiro atoms. The average molecular weight is 276 g/mol. The van der Waals surface area contributed by atoms with Crippen molar-refractivity contribution < 1.29 is 13.5 Å². The SMILES string of the molecule is Fc1cc(F)cc(Oc2ncccc2CNC2CC2)c1. The van der Waals surface area contributed by atoms with Gasteiger partial charge in [-0.15, -0.1) is 0 Å². The van der Waals surface area contributed by atoms with Crippen molar-refractivity contribution >= 4 is 0 Å². The van der Waals surface area contributed by atoms with E-state index in [4.69, 9.17) is 4.74 Å². The average Bonchev–Trinajstić information content (AvgIpc) is 3.20. The highest BCUT2D eigenvalue weighted by Crippen LogP contribution is 2.26. The first kappa shape index (κ1) is 13.0. The molecular formula is C15H14F2N2O. The third-order valence-corrected chi connectivity index (χ3v) is 3.06. The molecule has 1 heterocycles. The Morgan fingerprint density at radius 2 is 1.95 bits per heavy atom. The highest BCUT2D eigenvalue weighted by Gasteiger charge is 2.20. The summed E-state index contributed by atoms with van der Waals surface area (Å²) in [6, 6.07) is 7.33. The van der Waals surface area contributed by atoms with Crippen molar-refractivity contribution in [2.45, 2.75) is 25.4 Å². The van der Waals surface area contributed by atoms with Gasteiger partial charge in [-0.3, -0.25) is 0 Å². The third kappa shape index (κ3) is 3.30. The normalized spacial score (nSPS) is 14.3. The molecule has 1 N–H and O–H groups in total. The Balaban J connectivity index is 1.78. The van der Waals surface area contributed by atoms with Crippen LogP contribution < -0.4 is 10.1 Å². The van der Waals surface area contributed by atoms with Crippen LogP contribution in [-0.4, -0.2) is 11.0 Å². The lowest BCUT2D eigenvalue weighted by Crippen LogP contribution is -2.16. The highest BCUT2D eigenvalue weighted by atomic mass is 19.1. The summed E-state index contributed by atoms with van der Waals surface area (Å²) in [5.74, 6) is -0.873. The van der Waals surface area contributed by atoms with Crippen LogP contribution in [0.4, 0.5) is 8.78 Å². The molecule has 20 heavy (non-hydrogen) atoms. The molecule has 1 aromatic heterocycles. The van der Waals surface area contributed by atoms with Crippen molar-refractivity contribution in [1.82, 2.24) is 10.3 Å². The lowest BCUT2D eigenvalue weighted by Gasteiger charge is -2.10. The number of ether oxygens (including phenoxy) is 1. The molecule has 1 saturated carbocycles. The fourth-order valence-corrected chi connectivity index (χ4v) is 1.89. The molecule has 104 valence electrons. The maximum atomic E-state index is 13.1. The molecule has 0 atom stereocenters. The number of nitrogens with zero attached hydrogens (tertiary/aromatic N) is 1. The molecule has 0 aliphatic heterocycles. The zero-order valence-corrected chi connectivity index (χ0v) is 10.8. The molecule has 1 aromatic carbocycles. The van der Waals surface area contributed by atoms with Gasteiger partial charge in [-0.1, -0.05) is 6.07 Å². The summed E-state index contributed by atoms with van der Waals surface area (Å²) in [5, 5.41) is 3.35. The van der Waals surface area contributed by atoms with Gasteiger partial charge in [0.25, 0.3) is 0 Å². The van der Waals surface area contributed by atoms with Crippen LogP contribution in [0.5, 0.6) is 11.6 Å². The van der Waals surface area contributed by atoms with E-state index in [1.54, 1.807) is 6.20 Å². The van der Waals surface area contributed by atoms with Gasteiger partial charge in [-0.25, -0.2) is 13.8 Å². The second-order valence-electron chi connectivity index (χ2n) is 4.83. The largest absolute Gasteiger partial charge is 0.438 e. The van der Waals surface area contributed by atoms with Gasteiger partial charge >= 0.3 is 0 Å². The Hall–Kier alpha value is -2.01. The van der Waals surface area contributed by atoms with Gasteiger partial charge in [0.15, 0.2) is 0 Å². The van der Waals surface area contributed by atoms with Crippen LogP contribution in [0.25, 0.3) is 0 Å². The van der Waals surface area contributed by atoms with Gasteiger partial charge in [-0.2, -0.15) is 0 Å². The predicted octanol–water partition coefficient (Wildman–Crippen LogP) is 3.40. The van der Waals surface area contributed by atoms with Crippen LogP contribution in [0.3, 0.4) is 0 Å². The van der Waals surface area contributed by atoms with Crippen molar-refractivity contribution in [2.24, 2.45) is 0 Å². The minimum atomic E-state index is -0.673. The number of hydrogen-bond acceptors (Lipinski definition) is 3. The zero-order chi connectivity index (χ0) is 13.9. The molecule has 0 bridgehead atoms. The Labute approximate surface area is 115 Å². The molecule has 0 amide bonds. The number of halogens is 2. The van der Waals surface area contributed by atoms with Crippen molar-refractivity contribution in [3.05, 3.63) is 53.7 Å². The fraction of sp³-hybridized carbons (Fsp3) is 0.267. The van der Waals surface area contributed by atoms with E-state index in [0.717, 1.165) is 23.8 Å². The van der Waals surface area contributed by atoms with Gasteiger partial charge in [-0.05, 0) is 18.9 Å². The van der Waals surface area contributed by atoms with Crippen LogP contribution in [-0.2, 0) is 6.54 Å². The molecule has 3 rings (SSSR count). The van der Waals surface area contributed by atoms with E-state index in [1.165, 1.54) is 12.8 Å². The topological polar surface area (TPSA) is 34.1 Å². The first-order valence-corrected chi connectivity index (χ1v) is 6.52. The lowest BCUT2D eigenvalue weighted by molar-refractivity contribution is 0.442. The van der Waals surface area contributed by atoms with Crippen LogP contribution in [0.1, 0.15) is 18.4 Å². The van der Waals surface area contributed by atoms with Gasteiger partial charge in [0.1, 0.15) is 17.4 Å². The van der Waals surface area contributed by atoms with Crippen molar-refractivity contribution in [3.63, 3.8) is 0 Å². The number of hydrogen-bond donors (Lipinski definition) is 1. The van der Waals surface area contributed by atoms with E-state index in [1.807, 2.05) is 12.1 Å². The molecule has 2 aromatic rings.